The van der Waals surface area contributed by atoms with Gasteiger partial charge in [-0.25, -0.2) is 9.97 Å². The van der Waals surface area contributed by atoms with Gasteiger partial charge < -0.3 is 0 Å². The molecule has 0 aliphatic rings. The topological polar surface area (TPSA) is 30.7 Å². The smallest absolute Gasteiger partial charge is 0.236 e. The molecule has 5 heteroatoms. The van der Waals surface area contributed by atoms with Crippen molar-refractivity contribution in [3.8, 4) is 17.2 Å². The minimum atomic E-state index is 0.710. The third kappa shape index (κ3) is 2.97. The van der Waals surface area contributed by atoms with Crippen LogP contribution in [0.15, 0.2) is 115 Å². The zero-order valence-electron chi connectivity index (χ0n) is 20.6. The molecule has 9 rings (SSSR count). The van der Waals surface area contributed by atoms with Crippen LogP contribution in [0.4, 0.5) is 0 Å². The van der Waals surface area contributed by atoms with E-state index in [1.165, 1.54) is 46.5 Å². The van der Waals surface area contributed by atoms with Crippen LogP contribution >= 0.6 is 22.7 Å². The number of nitrogens with zero attached hydrogens (tertiary/aromatic N) is 3. The van der Waals surface area contributed by atoms with Gasteiger partial charge in [0, 0.05) is 52.0 Å². The highest BCUT2D eigenvalue weighted by Crippen LogP contribution is 2.44. The van der Waals surface area contributed by atoms with Crippen molar-refractivity contribution in [1.29, 1.82) is 0 Å². The Morgan fingerprint density at radius 3 is 1.97 bits per heavy atom. The van der Waals surface area contributed by atoms with Crippen molar-refractivity contribution in [2.45, 2.75) is 0 Å². The average molecular weight is 534 g/mol. The number of hydrogen-bond donors (Lipinski definition) is 0. The van der Waals surface area contributed by atoms with Gasteiger partial charge in [0.05, 0.1) is 16.7 Å². The third-order valence-electron chi connectivity index (χ3n) is 7.65. The fraction of sp³-hybridized carbons (Fsp3) is 0. The summed E-state index contributed by atoms with van der Waals surface area (Å²) in [6.07, 6.45) is 0. The molecule has 0 N–H and O–H groups in total. The molecule has 0 unspecified atom stereocenters. The fourth-order valence-electron chi connectivity index (χ4n) is 5.99. The van der Waals surface area contributed by atoms with Crippen LogP contribution in [0.5, 0.6) is 0 Å². The van der Waals surface area contributed by atoms with Crippen molar-refractivity contribution in [2.24, 2.45) is 0 Å². The molecule has 0 saturated carbocycles. The van der Waals surface area contributed by atoms with Crippen LogP contribution in [0.25, 0.3) is 79.5 Å². The van der Waals surface area contributed by atoms with Crippen LogP contribution in [-0.2, 0) is 0 Å². The first kappa shape index (κ1) is 21.4. The molecule has 0 atom stereocenters. The number of aromatic nitrogens is 3. The van der Waals surface area contributed by atoms with Crippen molar-refractivity contribution < 1.29 is 0 Å². The van der Waals surface area contributed by atoms with E-state index in [0.717, 1.165) is 27.0 Å². The normalized spacial score (nSPS) is 12.1. The van der Waals surface area contributed by atoms with Crippen LogP contribution in [0, 0.1) is 0 Å². The standard InChI is InChI=1S/C34H19N3S2/c1-2-10-20(11-3-1)31-30-24-14-6-9-17-27(24)39-33(30)36-34(35-31)37-25-15-7-4-12-21(25)22-18-19-28-29(32(22)37)23-13-5-8-16-26(23)38-28/h1-19H. The summed E-state index contributed by atoms with van der Waals surface area (Å²) in [5.74, 6) is 0.710. The number of benzene rings is 5. The molecule has 4 heterocycles. The number of hydrogen-bond acceptors (Lipinski definition) is 4. The summed E-state index contributed by atoms with van der Waals surface area (Å²) in [4.78, 5) is 11.7. The molecule has 0 amide bonds. The molecule has 0 saturated heterocycles. The molecule has 3 nitrogen and oxygen atoms in total. The van der Waals surface area contributed by atoms with E-state index in [1.807, 2.05) is 11.3 Å². The summed E-state index contributed by atoms with van der Waals surface area (Å²) < 4.78 is 6.09. The Bertz CT molecular complexity index is 2390. The van der Waals surface area contributed by atoms with Crippen LogP contribution < -0.4 is 0 Å². The SMILES string of the molecule is c1ccc(-c2nc(-n3c4ccccc4c4ccc5sc6ccccc6c5c43)nc3sc4ccccc4c23)cc1. The number of thiophene rings is 2. The lowest BCUT2D eigenvalue weighted by atomic mass is 10.1. The lowest BCUT2D eigenvalue weighted by Crippen LogP contribution is -2.02. The van der Waals surface area contributed by atoms with Crippen LogP contribution in [-0.4, -0.2) is 14.5 Å². The minimum Gasteiger partial charge on any atom is -0.277 e. The van der Waals surface area contributed by atoms with Crippen molar-refractivity contribution in [3.05, 3.63) is 115 Å². The molecule has 0 spiro atoms. The lowest BCUT2D eigenvalue weighted by molar-refractivity contribution is 1.02. The second kappa shape index (κ2) is 7.96. The third-order valence-corrected chi connectivity index (χ3v) is 9.85. The van der Waals surface area contributed by atoms with Gasteiger partial charge in [0.15, 0.2) is 0 Å². The Morgan fingerprint density at radius 2 is 1.15 bits per heavy atom. The quantitative estimate of drug-likeness (QED) is 0.221. The number of fused-ring (bicyclic) bond motifs is 10. The second-order valence-corrected chi connectivity index (χ2v) is 11.9. The van der Waals surface area contributed by atoms with Gasteiger partial charge in [0.1, 0.15) is 4.83 Å². The molecule has 0 fully saturated rings. The first-order valence-corrected chi connectivity index (χ1v) is 14.6. The summed E-state index contributed by atoms with van der Waals surface area (Å²) in [5, 5.41) is 7.31. The largest absolute Gasteiger partial charge is 0.277 e. The highest BCUT2D eigenvalue weighted by Gasteiger charge is 2.22. The highest BCUT2D eigenvalue weighted by atomic mass is 32.1. The van der Waals surface area contributed by atoms with Crippen molar-refractivity contribution in [2.75, 3.05) is 0 Å². The maximum absolute atomic E-state index is 5.37. The van der Waals surface area contributed by atoms with E-state index in [0.29, 0.717) is 5.95 Å². The van der Waals surface area contributed by atoms with Crippen molar-refractivity contribution >= 4 is 85.0 Å². The zero-order chi connectivity index (χ0) is 25.5. The Hall–Kier alpha value is -4.58. The average Bonchev–Trinajstić information content (AvgIpc) is 3.66. The van der Waals surface area contributed by atoms with E-state index in [2.05, 4.69) is 120 Å². The van der Waals surface area contributed by atoms with Crippen molar-refractivity contribution in [3.63, 3.8) is 0 Å². The maximum Gasteiger partial charge on any atom is 0.236 e. The monoisotopic (exact) mass is 533 g/mol. The molecule has 4 aromatic heterocycles. The van der Waals surface area contributed by atoms with Gasteiger partial charge in [0.25, 0.3) is 0 Å². The first-order chi connectivity index (χ1) is 19.3. The molecule has 5 aromatic carbocycles. The first-order valence-electron chi connectivity index (χ1n) is 12.9. The summed E-state index contributed by atoms with van der Waals surface area (Å²) in [7, 11) is 0. The maximum atomic E-state index is 5.37. The molecule has 182 valence electrons. The van der Waals surface area contributed by atoms with E-state index >= 15 is 0 Å². The number of rotatable bonds is 2. The summed E-state index contributed by atoms with van der Waals surface area (Å²) in [6, 6.07) is 40.9. The fourth-order valence-corrected chi connectivity index (χ4v) is 8.17. The van der Waals surface area contributed by atoms with Gasteiger partial charge in [-0.1, -0.05) is 91.0 Å². The minimum absolute atomic E-state index is 0.710. The highest BCUT2D eigenvalue weighted by molar-refractivity contribution is 7.26. The summed E-state index contributed by atoms with van der Waals surface area (Å²) in [6.45, 7) is 0. The lowest BCUT2D eigenvalue weighted by Gasteiger charge is -2.11. The Morgan fingerprint density at radius 1 is 0.487 bits per heavy atom. The Balaban J connectivity index is 1.50. The van der Waals surface area contributed by atoms with Crippen LogP contribution in [0.3, 0.4) is 0 Å². The van der Waals surface area contributed by atoms with E-state index in [1.54, 1.807) is 11.3 Å². The molecule has 9 aromatic rings. The number of para-hydroxylation sites is 1. The summed E-state index contributed by atoms with van der Waals surface area (Å²) in [5.41, 5.74) is 4.36. The van der Waals surface area contributed by atoms with Gasteiger partial charge >= 0.3 is 0 Å². The molecular formula is C34H19N3S2. The molecule has 0 aliphatic heterocycles. The Kier molecular flexibility index (Phi) is 4.36. The van der Waals surface area contributed by atoms with Gasteiger partial charge in [-0.3, -0.25) is 4.57 Å². The van der Waals surface area contributed by atoms with Gasteiger partial charge in [-0.15, -0.1) is 22.7 Å². The molecule has 0 radical (unpaired) electrons. The van der Waals surface area contributed by atoms with Gasteiger partial charge in [-0.05, 0) is 24.3 Å². The molecular weight excluding hydrogens is 515 g/mol. The van der Waals surface area contributed by atoms with Gasteiger partial charge in [-0.2, -0.15) is 0 Å². The van der Waals surface area contributed by atoms with Crippen molar-refractivity contribution in [1.82, 2.24) is 14.5 Å². The predicted molar refractivity (Wildman–Crippen MR) is 168 cm³/mol. The van der Waals surface area contributed by atoms with E-state index in [9.17, 15) is 0 Å². The van der Waals surface area contributed by atoms with E-state index in [4.69, 9.17) is 9.97 Å². The van der Waals surface area contributed by atoms with Gasteiger partial charge in [0.2, 0.25) is 5.95 Å². The summed E-state index contributed by atoms with van der Waals surface area (Å²) >= 11 is 3.58. The molecule has 0 bridgehead atoms. The molecule has 39 heavy (non-hydrogen) atoms. The van der Waals surface area contributed by atoms with Crippen LogP contribution in [0.1, 0.15) is 0 Å². The molecule has 0 aliphatic carbocycles. The zero-order valence-corrected chi connectivity index (χ0v) is 22.3. The second-order valence-electron chi connectivity index (χ2n) is 9.80. The van der Waals surface area contributed by atoms with E-state index in [-0.39, 0.29) is 0 Å². The van der Waals surface area contributed by atoms with Crippen LogP contribution in [0.2, 0.25) is 0 Å². The van der Waals surface area contributed by atoms with E-state index < -0.39 is 0 Å². The Labute approximate surface area is 231 Å². The predicted octanol–water partition coefficient (Wildman–Crippen LogP) is 9.98.